The van der Waals surface area contributed by atoms with Gasteiger partial charge in [0.05, 0.1) is 0 Å². The van der Waals surface area contributed by atoms with E-state index in [1.807, 2.05) is 18.2 Å². The van der Waals surface area contributed by atoms with Gasteiger partial charge in [0.15, 0.2) is 0 Å². The standard InChI is InChI=1S/C16H23Cl2N/c1-11(2)19-10-13-5-3-4-12(13)8-14-9-15(17)6-7-16(14)18/h6-7,9,11-13,19H,3-5,8,10H2,1-2H3. The normalized spacial score (nSPS) is 23.2. The molecule has 1 nitrogen and oxygen atoms in total. The summed E-state index contributed by atoms with van der Waals surface area (Å²) in [5, 5.41) is 5.21. The van der Waals surface area contributed by atoms with Gasteiger partial charge in [-0.05, 0) is 61.4 Å². The first-order chi connectivity index (χ1) is 9.06. The van der Waals surface area contributed by atoms with E-state index in [0.717, 1.165) is 34.8 Å². The molecule has 0 amide bonds. The predicted octanol–water partition coefficient (Wildman–Crippen LogP) is 4.95. The average Bonchev–Trinajstić information content (AvgIpc) is 2.79. The Bertz CT molecular complexity index is 417. The molecule has 19 heavy (non-hydrogen) atoms. The molecular formula is C16H23Cl2N. The zero-order valence-corrected chi connectivity index (χ0v) is 13.3. The third-order valence-electron chi connectivity index (χ3n) is 4.09. The van der Waals surface area contributed by atoms with Crippen LogP contribution in [0.25, 0.3) is 0 Å². The minimum Gasteiger partial charge on any atom is -0.314 e. The number of benzene rings is 1. The summed E-state index contributed by atoms with van der Waals surface area (Å²) < 4.78 is 0. The Hall–Kier alpha value is -0.240. The number of hydrogen-bond donors (Lipinski definition) is 1. The fraction of sp³-hybridized carbons (Fsp3) is 0.625. The second-order valence-corrected chi connectivity index (χ2v) is 6.80. The van der Waals surface area contributed by atoms with Crippen LogP contribution < -0.4 is 5.32 Å². The molecule has 0 saturated heterocycles. The first-order valence-electron chi connectivity index (χ1n) is 7.23. The van der Waals surface area contributed by atoms with Gasteiger partial charge in [-0.1, -0.05) is 43.5 Å². The molecule has 1 saturated carbocycles. The zero-order valence-electron chi connectivity index (χ0n) is 11.8. The van der Waals surface area contributed by atoms with Crippen molar-refractivity contribution in [3.05, 3.63) is 33.8 Å². The summed E-state index contributed by atoms with van der Waals surface area (Å²) in [7, 11) is 0. The van der Waals surface area contributed by atoms with E-state index in [1.165, 1.54) is 24.8 Å². The molecule has 1 aromatic rings. The molecule has 1 aliphatic carbocycles. The van der Waals surface area contributed by atoms with E-state index in [9.17, 15) is 0 Å². The van der Waals surface area contributed by atoms with Crippen LogP contribution in [-0.4, -0.2) is 12.6 Å². The van der Waals surface area contributed by atoms with Crippen LogP contribution in [0, 0.1) is 11.8 Å². The van der Waals surface area contributed by atoms with Crippen molar-refractivity contribution in [2.75, 3.05) is 6.54 Å². The van der Waals surface area contributed by atoms with E-state index >= 15 is 0 Å². The summed E-state index contributed by atoms with van der Waals surface area (Å²) in [6.07, 6.45) is 5.05. The summed E-state index contributed by atoms with van der Waals surface area (Å²) in [6.45, 7) is 5.54. The maximum Gasteiger partial charge on any atom is 0.0439 e. The highest BCUT2D eigenvalue weighted by molar-refractivity contribution is 6.33. The Kier molecular flexibility index (Phi) is 5.56. The van der Waals surface area contributed by atoms with Gasteiger partial charge in [-0.25, -0.2) is 0 Å². The largest absolute Gasteiger partial charge is 0.314 e. The van der Waals surface area contributed by atoms with Gasteiger partial charge in [0.25, 0.3) is 0 Å². The smallest absolute Gasteiger partial charge is 0.0439 e. The molecule has 0 heterocycles. The van der Waals surface area contributed by atoms with Crippen molar-refractivity contribution in [2.24, 2.45) is 11.8 Å². The summed E-state index contributed by atoms with van der Waals surface area (Å²) in [4.78, 5) is 0. The fourth-order valence-corrected chi connectivity index (χ4v) is 3.41. The van der Waals surface area contributed by atoms with Crippen LogP contribution in [0.3, 0.4) is 0 Å². The number of nitrogens with one attached hydrogen (secondary N) is 1. The van der Waals surface area contributed by atoms with Gasteiger partial charge >= 0.3 is 0 Å². The second-order valence-electron chi connectivity index (χ2n) is 5.95. The fourth-order valence-electron chi connectivity index (χ4n) is 3.02. The van der Waals surface area contributed by atoms with E-state index in [2.05, 4.69) is 19.2 Å². The lowest BCUT2D eigenvalue weighted by molar-refractivity contribution is 0.354. The summed E-state index contributed by atoms with van der Waals surface area (Å²) in [6, 6.07) is 6.36. The first-order valence-corrected chi connectivity index (χ1v) is 7.99. The van der Waals surface area contributed by atoms with E-state index in [4.69, 9.17) is 23.2 Å². The van der Waals surface area contributed by atoms with Crippen LogP contribution >= 0.6 is 23.2 Å². The van der Waals surface area contributed by atoms with Crippen LogP contribution in [0.15, 0.2) is 18.2 Å². The van der Waals surface area contributed by atoms with Crippen molar-refractivity contribution in [2.45, 2.75) is 45.6 Å². The minimum atomic E-state index is 0.566. The first kappa shape index (κ1) is 15.2. The molecule has 0 aliphatic heterocycles. The second kappa shape index (κ2) is 6.97. The molecule has 3 heteroatoms. The average molecular weight is 300 g/mol. The van der Waals surface area contributed by atoms with E-state index in [1.54, 1.807) is 0 Å². The number of halogens is 2. The minimum absolute atomic E-state index is 0.566. The van der Waals surface area contributed by atoms with E-state index < -0.39 is 0 Å². The van der Waals surface area contributed by atoms with Crippen LogP contribution in [0.5, 0.6) is 0 Å². The molecule has 0 aromatic heterocycles. The van der Waals surface area contributed by atoms with Gasteiger partial charge in [-0.3, -0.25) is 0 Å². The predicted molar refractivity (Wildman–Crippen MR) is 84.1 cm³/mol. The Labute approximate surface area is 126 Å². The molecule has 1 N–H and O–H groups in total. The topological polar surface area (TPSA) is 12.0 Å². The van der Waals surface area contributed by atoms with Crippen LogP contribution in [-0.2, 0) is 6.42 Å². The molecule has 2 atom stereocenters. The van der Waals surface area contributed by atoms with Crippen LogP contribution in [0.4, 0.5) is 0 Å². The maximum atomic E-state index is 6.28. The highest BCUT2D eigenvalue weighted by Gasteiger charge is 2.27. The Morgan fingerprint density at radius 2 is 1.95 bits per heavy atom. The lowest BCUT2D eigenvalue weighted by Crippen LogP contribution is -2.31. The van der Waals surface area contributed by atoms with Gasteiger partial charge in [-0.15, -0.1) is 0 Å². The van der Waals surface area contributed by atoms with Crippen LogP contribution in [0.1, 0.15) is 38.7 Å². The third-order valence-corrected chi connectivity index (χ3v) is 4.70. The van der Waals surface area contributed by atoms with Crippen LogP contribution in [0.2, 0.25) is 10.0 Å². The number of rotatable bonds is 5. The van der Waals surface area contributed by atoms with Crippen molar-refractivity contribution in [3.8, 4) is 0 Å². The molecule has 0 radical (unpaired) electrons. The molecular weight excluding hydrogens is 277 g/mol. The molecule has 2 unspecified atom stereocenters. The Morgan fingerprint density at radius 1 is 1.21 bits per heavy atom. The van der Waals surface area contributed by atoms with Crippen molar-refractivity contribution >= 4 is 23.2 Å². The van der Waals surface area contributed by atoms with Gasteiger partial charge in [-0.2, -0.15) is 0 Å². The highest BCUT2D eigenvalue weighted by atomic mass is 35.5. The highest BCUT2D eigenvalue weighted by Crippen LogP contribution is 2.35. The van der Waals surface area contributed by atoms with E-state index in [-0.39, 0.29) is 0 Å². The Balaban J connectivity index is 1.98. The molecule has 1 aliphatic rings. The SMILES string of the molecule is CC(C)NCC1CCCC1Cc1cc(Cl)ccc1Cl. The van der Waals surface area contributed by atoms with Gasteiger partial charge in [0, 0.05) is 16.1 Å². The quantitative estimate of drug-likeness (QED) is 0.811. The van der Waals surface area contributed by atoms with Gasteiger partial charge in [0.1, 0.15) is 0 Å². The molecule has 0 bridgehead atoms. The van der Waals surface area contributed by atoms with Gasteiger partial charge in [0.2, 0.25) is 0 Å². The molecule has 106 valence electrons. The van der Waals surface area contributed by atoms with Crippen molar-refractivity contribution in [1.82, 2.24) is 5.32 Å². The summed E-state index contributed by atoms with van der Waals surface area (Å²) >= 11 is 12.3. The summed E-state index contributed by atoms with van der Waals surface area (Å²) in [5.41, 5.74) is 1.20. The maximum absolute atomic E-state index is 6.28. The summed E-state index contributed by atoms with van der Waals surface area (Å²) in [5.74, 6) is 1.51. The Morgan fingerprint density at radius 3 is 2.68 bits per heavy atom. The van der Waals surface area contributed by atoms with E-state index in [0.29, 0.717) is 6.04 Å². The number of hydrogen-bond acceptors (Lipinski definition) is 1. The van der Waals surface area contributed by atoms with Gasteiger partial charge < -0.3 is 5.32 Å². The molecule has 2 rings (SSSR count). The third kappa shape index (κ3) is 4.37. The van der Waals surface area contributed by atoms with Crippen molar-refractivity contribution in [1.29, 1.82) is 0 Å². The molecule has 0 spiro atoms. The lowest BCUT2D eigenvalue weighted by atomic mass is 9.89. The molecule has 1 fully saturated rings. The molecule has 1 aromatic carbocycles. The lowest BCUT2D eigenvalue weighted by Gasteiger charge is -2.22. The zero-order chi connectivity index (χ0) is 13.8. The van der Waals surface area contributed by atoms with Crippen molar-refractivity contribution < 1.29 is 0 Å². The van der Waals surface area contributed by atoms with Crippen molar-refractivity contribution in [3.63, 3.8) is 0 Å². The monoisotopic (exact) mass is 299 g/mol.